The summed E-state index contributed by atoms with van der Waals surface area (Å²) < 4.78 is 14.7. The Morgan fingerprint density at radius 1 is 1.08 bits per heavy atom. The van der Waals surface area contributed by atoms with Gasteiger partial charge in [-0.25, -0.2) is 14.4 Å². The van der Waals surface area contributed by atoms with E-state index in [1.165, 1.54) is 7.11 Å². The van der Waals surface area contributed by atoms with Crippen LogP contribution in [0.1, 0.15) is 26.3 Å². The molecule has 1 aromatic carbocycles. The third kappa shape index (κ3) is 8.59. The van der Waals surface area contributed by atoms with Crippen LogP contribution in [0.4, 0.5) is 9.59 Å². The molecule has 1 rings (SSSR count). The van der Waals surface area contributed by atoms with E-state index in [1.807, 2.05) is 18.2 Å². The molecule has 0 aliphatic carbocycles. The van der Waals surface area contributed by atoms with Crippen LogP contribution < -0.4 is 10.6 Å². The molecule has 0 aromatic heterocycles. The average Bonchev–Trinajstić information content (AvgIpc) is 2.55. The van der Waals surface area contributed by atoms with E-state index in [4.69, 9.17) is 9.47 Å². The predicted molar refractivity (Wildman–Crippen MR) is 89.8 cm³/mol. The number of nitrogens with one attached hydrogen (secondary N) is 2. The Morgan fingerprint density at radius 3 is 2.28 bits per heavy atom. The molecule has 1 atom stereocenters. The van der Waals surface area contributed by atoms with Crippen LogP contribution in [0.5, 0.6) is 0 Å². The number of carbonyl (C=O) groups excluding carboxylic acids is 3. The van der Waals surface area contributed by atoms with Crippen molar-refractivity contribution in [3.63, 3.8) is 0 Å². The van der Waals surface area contributed by atoms with Crippen molar-refractivity contribution in [3.8, 4) is 0 Å². The molecule has 1 aromatic rings. The summed E-state index contributed by atoms with van der Waals surface area (Å²) in [6.07, 6.45) is -1.51. The lowest BCUT2D eigenvalue weighted by molar-refractivity contribution is -0.142. The largest absolute Gasteiger partial charge is 0.467 e. The Kier molecular flexibility index (Phi) is 7.71. The van der Waals surface area contributed by atoms with Crippen molar-refractivity contribution in [1.82, 2.24) is 10.6 Å². The van der Waals surface area contributed by atoms with Gasteiger partial charge in [-0.2, -0.15) is 0 Å². The molecule has 25 heavy (non-hydrogen) atoms. The second-order valence-electron chi connectivity index (χ2n) is 6.16. The first-order valence-corrected chi connectivity index (χ1v) is 7.73. The normalized spacial score (nSPS) is 11.8. The van der Waals surface area contributed by atoms with E-state index in [-0.39, 0.29) is 13.2 Å². The van der Waals surface area contributed by atoms with Crippen LogP contribution in [0.15, 0.2) is 30.3 Å². The second kappa shape index (κ2) is 9.51. The molecular weight excluding hydrogens is 328 g/mol. The molecule has 0 radical (unpaired) electrons. The Hall–Kier alpha value is -2.77. The Bertz CT molecular complexity index is 583. The molecule has 0 spiro atoms. The van der Waals surface area contributed by atoms with Gasteiger partial charge in [0.2, 0.25) is 0 Å². The fraction of sp³-hybridized carbons (Fsp3) is 0.471. The van der Waals surface area contributed by atoms with E-state index in [9.17, 15) is 14.4 Å². The monoisotopic (exact) mass is 352 g/mol. The summed E-state index contributed by atoms with van der Waals surface area (Å²) in [5, 5.41) is 4.75. The molecule has 8 heteroatoms. The van der Waals surface area contributed by atoms with E-state index in [1.54, 1.807) is 32.9 Å². The molecule has 0 heterocycles. The fourth-order valence-electron chi connectivity index (χ4n) is 1.74. The summed E-state index contributed by atoms with van der Waals surface area (Å²) in [4.78, 5) is 35.2. The van der Waals surface area contributed by atoms with E-state index in [2.05, 4.69) is 15.4 Å². The highest BCUT2D eigenvalue weighted by Crippen LogP contribution is 2.06. The van der Waals surface area contributed by atoms with Gasteiger partial charge in [-0.3, -0.25) is 0 Å². The SMILES string of the molecule is COC(=O)[C@@H](CNC(=O)OC(C)(C)C)NC(=O)OCc1ccccc1. The summed E-state index contributed by atoms with van der Waals surface area (Å²) in [5.41, 5.74) is 0.131. The van der Waals surface area contributed by atoms with Crippen LogP contribution in [0, 0.1) is 0 Å². The van der Waals surface area contributed by atoms with Crippen molar-refractivity contribution in [2.24, 2.45) is 0 Å². The standard InChI is InChI=1S/C17H24N2O6/c1-17(2,3)25-15(21)18-10-13(14(20)23-4)19-16(22)24-11-12-8-6-5-7-9-12/h5-9,13H,10-11H2,1-4H3,(H,18,21)(H,19,22)/t13-/m1/s1. The van der Waals surface area contributed by atoms with E-state index < -0.39 is 29.8 Å². The predicted octanol–water partition coefficient (Wildman–Crippen LogP) is 1.98. The van der Waals surface area contributed by atoms with Gasteiger partial charge in [-0.1, -0.05) is 30.3 Å². The Morgan fingerprint density at radius 2 is 1.72 bits per heavy atom. The molecule has 2 amide bonds. The lowest BCUT2D eigenvalue weighted by Crippen LogP contribution is -2.49. The number of hydrogen-bond donors (Lipinski definition) is 2. The lowest BCUT2D eigenvalue weighted by atomic mass is 10.2. The number of carbonyl (C=O) groups is 3. The van der Waals surface area contributed by atoms with E-state index in [0.717, 1.165) is 5.56 Å². The van der Waals surface area contributed by atoms with Crippen LogP contribution in [0.25, 0.3) is 0 Å². The molecule has 0 unspecified atom stereocenters. The fourth-order valence-corrected chi connectivity index (χ4v) is 1.74. The maximum atomic E-state index is 11.8. The number of hydrogen-bond acceptors (Lipinski definition) is 6. The molecule has 0 bridgehead atoms. The highest BCUT2D eigenvalue weighted by molar-refractivity contribution is 5.82. The van der Waals surface area contributed by atoms with Gasteiger partial charge >= 0.3 is 18.2 Å². The highest BCUT2D eigenvalue weighted by atomic mass is 16.6. The minimum Gasteiger partial charge on any atom is -0.467 e. The molecular formula is C17H24N2O6. The molecule has 0 aliphatic rings. The van der Waals surface area contributed by atoms with Gasteiger partial charge in [0.25, 0.3) is 0 Å². The number of methoxy groups -OCH3 is 1. The Balaban J connectivity index is 2.50. The van der Waals surface area contributed by atoms with Crippen molar-refractivity contribution < 1.29 is 28.6 Å². The minimum atomic E-state index is -1.10. The number of alkyl carbamates (subject to hydrolysis) is 2. The first kappa shape index (κ1) is 20.3. The Labute approximate surface area is 146 Å². The summed E-state index contributed by atoms with van der Waals surface area (Å²) in [6.45, 7) is 5.00. The average molecular weight is 352 g/mol. The first-order valence-electron chi connectivity index (χ1n) is 7.73. The van der Waals surface area contributed by atoms with Crippen LogP contribution in [-0.2, 0) is 25.6 Å². The van der Waals surface area contributed by atoms with Crippen LogP contribution in [0.2, 0.25) is 0 Å². The highest BCUT2D eigenvalue weighted by Gasteiger charge is 2.24. The third-order valence-electron chi connectivity index (χ3n) is 2.84. The van der Waals surface area contributed by atoms with Crippen molar-refractivity contribution in [2.75, 3.05) is 13.7 Å². The molecule has 0 saturated carbocycles. The zero-order valence-electron chi connectivity index (χ0n) is 14.8. The number of esters is 1. The molecule has 0 aliphatic heterocycles. The summed E-state index contributed by atoms with van der Waals surface area (Å²) in [6, 6.07) is 7.99. The first-order chi connectivity index (χ1) is 11.7. The summed E-state index contributed by atoms with van der Waals surface area (Å²) >= 11 is 0. The van der Waals surface area contributed by atoms with Crippen molar-refractivity contribution in [2.45, 2.75) is 39.0 Å². The van der Waals surface area contributed by atoms with Gasteiger partial charge < -0.3 is 24.8 Å². The third-order valence-corrected chi connectivity index (χ3v) is 2.84. The van der Waals surface area contributed by atoms with Gasteiger partial charge in [0.1, 0.15) is 18.2 Å². The smallest absolute Gasteiger partial charge is 0.408 e. The molecule has 0 fully saturated rings. The second-order valence-corrected chi connectivity index (χ2v) is 6.16. The summed E-state index contributed by atoms with van der Waals surface area (Å²) in [7, 11) is 1.18. The minimum absolute atomic E-state index is 0.0556. The van der Waals surface area contributed by atoms with Crippen molar-refractivity contribution >= 4 is 18.2 Å². The van der Waals surface area contributed by atoms with Gasteiger partial charge in [0.15, 0.2) is 0 Å². The molecule has 8 nitrogen and oxygen atoms in total. The van der Waals surface area contributed by atoms with Crippen LogP contribution >= 0.6 is 0 Å². The zero-order chi connectivity index (χ0) is 18.9. The van der Waals surface area contributed by atoms with Crippen molar-refractivity contribution in [1.29, 1.82) is 0 Å². The van der Waals surface area contributed by atoms with Crippen molar-refractivity contribution in [3.05, 3.63) is 35.9 Å². The maximum absolute atomic E-state index is 11.8. The topological polar surface area (TPSA) is 103 Å². The van der Waals surface area contributed by atoms with Crippen LogP contribution in [0.3, 0.4) is 0 Å². The van der Waals surface area contributed by atoms with Crippen LogP contribution in [-0.4, -0.2) is 43.5 Å². The number of rotatable bonds is 6. The van der Waals surface area contributed by atoms with E-state index >= 15 is 0 Å². The molecule has 138 valence electrons. The number of amides is 2. The zero-order valence-corrected chi connectivity index (χ0v) is 14.8. The van der Waals surface area contributed by atoms with E-state index in [0.29, 0.717) is 0 Å². The summed E-state index contributed by atoms with van der Waals surface area (Å²) in [5.74, 6) is -0.715. The lowest BCUT2D eigenvalue weighted by Gasteiger charge is -2.21. The maximum Gasteiger partial charge on any atom is 0.408 e. The number of benzene rings is 1. The molecule has 0 saturated heterocycles. The van der Waals surface area contributed by atoms with Gasteiger partial charge in [-0.05, 0) is 26.3 Å². The van der Waals surface area contributed by atoms with Gasteiger partial charge in [-0.15, -0.1) is 0 Å². The van der Waals surface area contributed by atoms with Gasteiger partial charge in [0, 0.05) is 0 Å². The quantitative estimate of drug-likeness (QED) is 0.599. The van der Waals surface area contributed by atoms with Gasteiger partial charge in [0.05, 0.1) is 13.7 Å². The number of ether oxygens (including phenoxy) is 3. The molecule has 2 N–H and O–H groups in total.